The number of nitrogens with zero attached hydrogens (tertiary/aromatic N) is 1. The van der Waals surface area contributed by atoms with E-state index in [1.165, 1.54) is 19.3 Å². The van der Waals surface area contributed by atoms with Gasteiger partial charge in [-0.25, -0.2) is 22.0 Å². The second-order valence-electron chi connectivity index (χ2n) is 7.80. The molecule has 0 bridgehead atoms. The maximum Gasteiger partial charge on any atom is 0.309 e. The highest BCUT2D eigenvalue weighted by Crippen LogP contribution is 2.26. The topological polar surface area (TPSA) is 46.6 Å². The van der Waals surface area contributed by atoms with Gasteiger partial charge in [-0.3, -0.25) is 9.59 Å². The van der Waals surface area contributed by atoms with Gasteiger partial charge in [0.15, 0.2) is 23.3 Å². The van der Waals surface area contributed by atoms with Crippen LogP contribution in [0.3, 0.4) is 0 Å². The minimum Gasteiger partial charge on any atom is -0.465 e. The van der Waals surface area contributed by atoms with Crippen molar-refractivity contribution < 1.29 is 36.3 Å². The van der Waals surface area contributed by atoms with Crippen LogP contribution in [0.2, 0.25) is 0 Å². The first kappa shape index (κ1) is 25.1. The number of piperidine rings is 1. The lowest BCUT2D eigenvalue weighted by atomic mass is 9.96. The van der Waals surface area contributed by atoms with Crippen molar-refractivity contribution in [2.24, 2.45) is 5.92 Å². The number of amides is 1. The molecule has 174 valence electrons. The first-order valence-corrected chi connectivity index (χ1v) is 10.8. The SMILES string of the molecule is CCCCCCCCCOC(=O)C1CCN(C(=O)c2c(F)c(F)c(F)c(F)c2F)CC1. The summed E-state index contributed by atoms with van der Waals surface area (Å²) in [5, 5.41) is 0. The van der Waals surface area contributed by atoms with Gasteiger partial charge in [0.05, 0.1) is 12.5 Å². The van der Waals surface area contributed by atoms with Gasteiger partial charge in [0, 0.05) is 13.1 Å². The fraction of sp³-hybridized carbons (Fsp3) is 0.636. The lowest BCUT2D eigenvalue weighted by molar-refractivity contribution is -0.150. The number of ether oxygens (including phenoxy) is 1. The predicted octanol–water partition coefficient (Wildman–Crippen LogP) is 5.53. The normalized spacial score (nSPS) is 14.7. The van der Waals surface area contributed by atoms with E-state index in [-0.39, 0.29) is 25.9 Å². The fourth-order valence-corrected chi connectivity index (χ4v) is 3.62. The Morgan fingerprint density at radius 1 is 0.806 bits per heavy atom. The Morgan fingerprint density at radius 2 is 1.29 bits per heavy atom. The number of unbranched alkanes of at least 4 members (excludes halogenated alkanes) is 6. The average Bonchev–Trinajstić information content (AvgIpc) is 2.78. The molecule has 0 aliphatic carbocycles. The third-order valence-corrected chi connectivity index (χ3v) is 5.53. The number of esters is 1. The van der Waals surface area contributed by atoms with Crippen molar-refractivity contribution in [2.45, 2.75) is 64.7 Å². The summed E-state index contributed by atoms with van der Waals surface area (Å²) in [7, 11) is 0. The molecule has 2 rings (SSSR count). The van der Waals surface area contributed by atoms with Crippen LogP contribution in [0, 0.1) is 35.0 Å². The quantitative estimate of drug-likeness (QED) is 0.155. The number of hydrogen-bond acceptors (Lipinski definition) is 3. The smallest absolute Gasteiger partial charge is 0.309 e. The van der Waals surface area contributed by atoms with Gasteiger partial charge < -0.3 is 9.64 Å². The molecule has 0 spiro atoms. The summed E-state index contributed by atoms with van der Waals surface area (Å²) in [5.41, 5.74) is -1.48. The number of hydrogen-bond donors (Lipinski definition) is 0. The molecule has 0 atom stereocenters. The Kier molecular flexibility index (Phi) is 9.71. The monoisotopic (exact) mass is 449 g/mol. The van der Waals surface area contributed by atoms with E-state index < -0.39 is 52.4 Å². The van der Waals surface area contributed by atoms with Crippen LogP contribution in [-0.2, 0) is 9.53 Å². The molecule has 9 heteroatoms. The largest absolute Gasteiger partial charge is 0.465 e. The van der Waals surface area contributed by atoms with Gasteiger partial charge in [-0.05, 0) is 19.3 Å². The van der Waals surface area contributed by atoms with Crippen molar-refractivity contribution in [1.82, 2.24) is 4.90 Å². The average molecular weight is 449 g/mol. The minimum atomic E-state index is -2.31. The summed E-state index contributed by atoms with van der Waals surface area (Å²) in [6.45, 7) is 2.38. The maximum atomic E-state index is 13.9. The van der Waals surface area contributed by atoms with Gasteiger partial charge in [-0.1, -0.05) is 45.4 Å². The summed E-state index contributed by atoms with van der Waals surface area (Å²) >= 11 is 0. The standard InChI is InChI=1S/C22H28F5NO3/c1-2-3-4-5-6-7-8-13-31-22(30)14-9-11-28(12-10-14)21(29)15-16(23)18(25)20(27)19(26)17(15)24/h14H,2-13H2,1H3. The zero-order valence-electron chi connectivity index (χ0n) is 17.6. The van der Waals surface area contributed by atoms with Crippen molar-refractivity contribution in [3.05, 3.63) is 34.6 Å². The summed E-state index contributed by atoms with van der Waals surface area (Å²) < 4.78 is 72.9. The van der Waals surface area contributed by atoms with Gasteiger partial charge in [-0.15, -0.1) is 0 Å². The first-order valence-electron chi connectivity index (χ1n) is 10.8. The number of carbonyl (C=O) groups excluding carboxylic acids is 2. The molecule has 1 fully saturated rings. The second kappa shape index (κ2) is 12.0. The highest BCUT2D eigenvalue weighted by atomic mass is 19.2. The Labute approximate surface area is 178 Å². The van der Waals surface area contributed by atoms with Crippen LogP contribution in [0.1, 0.15) is 75.1 Å². The first-order chi connectivity index (χ1) is 14.8. The number of carbonyl (C=O) groups is 2. The van der Waals surface area contributed by atoms with Crippen LogP contribution in [0.5, 0.6) is 0 Å². The van der Waals surface area contributed by atoms with Crippen LogP contribution in [0.25, 0.3) is 0 Å². The Balaban J connectivity index is 1.80. The molecule has 1 aliphatic heterocycles. The molecular weight excluding hydrogens is 421 g/mol. The zero-order valence-corrected chi connectivity index (χ0v) is 17.6. The molecule has 0 aromatic heterocycles. The molecule has 0 radical (unpaired) electrons. The van der Waals surface area contributed by atoms with E-state index in [1.807, 2.05) is 0 Å². The summed E-state index contributed by atoms with van der Waals surface area (Å²) in [6.07, 6.45) is 8.00. The van der Waals surface area contributed by atoms with Gasteiger partial charge in [0.1, 0.15) is 5.56 Å². The van der Waals surface area contributed by atoms with E-state index in [9.17, 15) is 31.5 Å². The molecule has 1 aromatic rings. The molecule has 4 nitrogen and oxygen atoms in total. The van der Waals surface area contributed by atoms with Gasteiger partial charge in [0.2, 0.25) is 5.82 Å². The van der Waals surface area contributed by atoms with Gasteiger partial charge in [-0.2, -0.15) is 0 Å². The predicted molar refractivity (Wildman–Crippen MR) is 104 cm³/mol. The van der Waals surface area contributed by atoms with Crippen LogP contribution in [-0.4, -0.2) is 36.5 Å². The third-order valence-electron chi connectivity index (χ3n) is 5.53. The van der Waals surface area contributed by atoms with E-state index in [4.69, 9.17) is 4.74 Å². The van der Waals surface area contributed by atoms with Gasteiger partial charge >= 0.3 is 5.97 Å². The Bertz CT molecular complexity index is 750. The zero-order chi connectivity index (χ0) is 23.0. The van der Waals surface area contributed by atoms with Gasteiger partial charge in [0.25, 0.3) is 5.91 Å². The van der Waals surface area contributed by atoms with Crippen molar-refractivity contribution in [3.63, 3.8) is 0 Å². The van der Waals surface area contributed by atoms with Crippen molar-refractivity contribution in [3.8, 4) is 0 Å². The van der Waals surface area contributed by atoms with E-state index in [0.29, 0.717) is 6.61 Å². The summed E-state index contributed by atoms with van der Waals surface area (Å²) in [5.74, 6) is -13.1. The summed E-state index contributed by atoms with van der Waals surface area (Å²) in [6, 6.07) is 0. The molecule has 0 N–H and O–H groups in total. The van der Waals surface area contributed by atoms with E-state index in [1.54, 1.807) is 0 Å². The third kappa shape index (κ3) is 6.40. The number of halogens is 5. The number of rotatable bonds is 10. The lowest BCUT2D eigenvalue weighted by Crippen LogP contribution is -2.41. The van der Waals surface area contributed by atoms with Crippen LogP contribution >= 0.6 is 0 Å². The number of likely N-dealkylation sites (tertiary alicyclic amines) is 1. The molecule has 1 heterocycles. The van der Waals surface area contributed by atoms with E-state index in [2.05, 4.69) is 6.92 Å². The van der Waals surface area contributed by atoms with Crippen molar-refractivity contribution in [1.29, 1.82) is 0 Å². The van der Waals surface area contributed by atoms with Crippen LogP contribution < -0.4 is 0 Å². The molecule has 1 amide bonds. The molecule has 0 unspecified atom stereocenters. The van der Waals surface area contributed by atoms with Crippen molar-refractivity contribution in [2.75, 3.05) is 19.7 Å². The molecular formula is C22H28F5NO3. The van der Waals surface area contributed by atoms with E-state index in [0.717, 1.165) is 30.6 Å². The Hall–Kier alpha value is -2.19. The molecule has 1 saturated heterocycles. The van der Waals surface area contributed by atoms with Crippen molar-refractivity contribution >= 4 is 11.9 Å². The molecule has 31 heavy (non-hydrogen) atoms. The number of benzene rings is 1. The van der Waals surface area contributed by atoms with Crippen LogP contribution in [0.15, 0.2) is 0 Å². The lowest BCUT2D eigenvalue weighted by Gasteiger charge is -2.31. The molecule has 1 aromatic carbocycles. The summed E-state index contributed by atoms with van der Waals surface area (Å²) in [4.78, 5) is 25.5. The highest BCUT2D eigenvalue weighted by molar-refractivity contribution is 5.95. The second-order valence-corrected chi connectivity index (χ2v) is 7.80. The van der Waals surface area contributed by atoms with E-state index >= 15 is 0 Å². The Morgan fingerprint density at radius 3 is 1.84 bits per heavy atom. The van der Waals surface area contributed by atoms with Crippen LogP contribution in [0.4, 0.5) is 22.0 Å². The minimum absolute atomic E-state index is 0.0461. The fourth-order valence-electron chi connectivity index (χ4n) is 3.62. The maximum absolute atomic E-state index is 13.9. The molecule has 1 aliphatic rings. The highest BCUT2D eigenvalue weighted by Gasteiger charge is 2.35. The molecule has 0 saturated carbocycles.